The second kappa shape index (κ2) is 11.6. The molecule has 1 N–H and O–H groups in total. The molecule has 0 aliphatic heterocycles. The van der Waals surface area contributed by atoms with Gasteiger partial charge in [0.15, 0.2) is 0 Å². The van der Waals surface area contributed by atoms with Crippen LogP contribution < -0.4 is 10.1 Å². The summed E-state index contributed by atoms with van der Waals surface area (Å²) >= 11 is 7.44. The molecule has 0 bridgehead atoms. The van der Waals surface area contributed by atoms with Crippen LogP contribution in [0.15, 0.2) is 48.5 Å². The summed E-state index contributed by atoms with van der Waals surface area (Å²) in [6.07, 6.45) is 2.43. The van der Waals surface area contributed by atoms with Crippen molar-refractivity contribution >= 4 is 35.2 Å². The molecule has 0 saturated heterocycles. The van der Waals surface area contributed by atoms with Crippen LogP contribution in [0.25, 0.3) is 0 Å². The maximum atomic E-state index is 12.4. The lowest BCUT2D eigenvalue weighted by Gasteiger charge is -2.17. The van der Waals surface area contributed by atoms with Crippen LogP contribution in [0.1, 0.15) is 22.3 Å². The van der Waals surface area contributed by atoms with E-state index in [4.69, 9.17) is 21.1 Å². The van der Waals surface area contributed by atoms with Crippen molar-refractivity contribution in [2.24, 2.45) is 0 Å². The molecular weight excluding hydrogens is 398 g/mol. The molecule has 0 fully saturated rings. The Morgan fingerprint density at radius 3 is 2.39 bits per heavy atom. The van der Waals surface area contributed by atoms with E-state index < -0.39 is 12.0 Å². The maximum absolute atomic E-state index is 12.4. The first-order chi connectivity index (χ1) is 13.5. The Morgan fingerprint density at radius 2 is 1.75 bits per heavy atom. The smallest absolute Gasteiger partial charge is 0.328 e. The summed E-state index contributed by atoms with van der Waals surface area (Å²) in [6.45, 7) is 2.35. The molecule has 0 aliphatic rings. The van der Waals surface area contributed by atoms with Gasteiger partial charge in [-0.05, 0) is 61.8 Å². The van der Waals surface area contributed by atoms with E-state index >= 15 is 0 Å². The van der Waals surface area contributed by atoms with Gasteiger partial charge in [-0.2, -0.15) is 11.8 Å². The van der Waals surface area contributed by atoms with Crippen LogP contribution in [0.3, 0.4) is 0 Å². The molecule has 2 rings (SSSR count). The Morgan fingerprint density at radius 1 is 1.07 bits per heavy atom. The molecule has 0 unspecified atom stereocenters. The van der Waals surface area contributed by atoms with Crippen molar-refractivity contribution < 1.29 is 19.1 Å². The molecule has 28 heavy (non-hydrogen) atoms. The zero-order valence-corrected chi connectivity index (χ0v) is 17.5. The van der Waals surface area contributed by atoms with Gasteiger partial charge in [-0.1, -0.05) is 29.3 Å². The molecule has 0 spiro atoms. The van der Waals surface area contributed by atoms with Crippen LogP contribution in [0.5, 0.6) is 5.75 Å². The normalized spacial score (nSPS) is 11.5. The molecule has 150 valence electrons. The summed E-state index contributed by atoms with van der Waals surface area (Å²) in [5.74, 6) is 0.636. The van der Waals surface area contributed by atoms with Crippen molar-refractivity contribution in [1.29, 1.82) is 0 Å². The molecular formula is C21H24ClNO4S. The van der Waals surface area contributed by atoms with Crippen molar-refractivity contribution in [3.63, 3.8) is 0 Å². The fourth-order valence-corrected chi connectivity index (χ4v) is 2.96. The van der Waals surface area contributed by atoms with E-state index in [1.165, 1.54) is 0 Å². The van der Waals surface area contributed by atoms with Crippen LogP contribution in [0.4, 0.5) is 0 Å². The average Bonchev–Trinajstić information content (AvgIpc) is 2.70. The Bertz CT molecular complexity index is 765. The third-order valence-electron chi connectivity index (χ3n) is 3.92. The highest BCUT2D eigenvalue weighted by molar-refractivity contribution is 7.98. The lowest BCUT2D eigenvalue weighted by atomic mass is 10.1. The highest BCUT2D eigenvalue weighted by atomic mass is 35.5. The molecule has 2 aromatic carbocycles. The summed E-state index contributed by atoms with van der Waals surface area (Å²) < 4.78 is 10.8. The Labute approximate surface area is 174 Å². The monoisotopic (exact) mass is 421 g/mol. The van der Waals surface area contributed by atoms with Gasteiger partial charge in [0.25, 0.3) is 5.91 Å². The average molecular weight is 422 g/mol. The highest BCUT2D eigenvalue weighted by Crippen LogP contribution is 2.12. The quantitative estimate of drug-likeness (QED) is 0.461. The first-order valence-electron chi connectivity index (χ1n) is 8.91. The van der Waals surface area contributed by atoms with Gasteiger partial charge in [-0.3, -0.25) is 4.79 Å². The van der Waals surface area contributed by atoms with Crippen LogP contribution in [0, 0.1) is 6.92 Å². The number of hydrogen-bond donors (Lipinski definition) is 1. The Balaban J connectivity index is 1.84. The number of carbonyl (C=O) groups is 2. The van der Waals surface area contributed by atoms with E-state index in [-0.39, 0.29) is 19.1 Å². The van der Waals surface area contributed by atoms with Crippen LogP contribution in [-0.2, 0) is 9.53 Å². The lowest BCUT2D eigenvalue weighted by Crippen LogP contribution is -2.42. The number of halogens is 1. The molecule has 7 heteroatoms. The minimum Gasteiger partial charge on any atom is -0.490 e. The predicted octanol–water partition coefficient (Wildman–Crippen LogP) is 4.12. The lowest BCUT2D eigenvalue weighted by molar-refractivity contribution is -0.146. The summed E-state index contributed by atoms with van der Waals surface area (Å²) in [4.78, 5) is 24.8. The van der Waals surface area contributed by atoms with Gasteiger partial charge in [-0.25, -0.2) is 4.79 Å². The van der Waals surface area contributed by atoms with Crippen molar-refractivity contribution in [1.82, 2.24) is 5.32 Å². The second-order valence-corrected chi connectivity index (χ2v) is 7.57. The molecule has 0 aliphatic carbocycles. The molecule has 0 radical (unpaired) electrons. The van der Waals surface area contributed by atoms with Gasteiger partial charge in [0, 0.05) is 10.6 Å². The van der Waals surface area contributed by atoms with Gasteiger partial charge < -0.3 is 14.8 Å². The number of ether oxygens (including phenoxy) is 2. The fourth-order valence-electron chi connectivity index (χ4n) is 2.36. The molecule has 0 aromatic heterocycles. The zero-order valence-electron chi connectivity index (χ0n) is 15.9. The number of hydrogen-bond acceptors (Lipinski definition) is 5. The van der Waals surface area contributed by atoms with Gasteiger partial charge in [0.05, 0.1) is 0 Å². The number of rotatable bonds is 10. The van der Waals surface area contributed by atoms with Crippen molar-refractivity contribution in [3.8, 4) is 5.75 Å². The summed E-state index contributed by atoms with van der Waals surface area (Å²) in [5, 5.41) is 3.29. The highest BCUT2D eigenvalue weighted by Gasteiger charge is 2.22. The molecule has 2 aromatic rings. The van der Waals surface area contributed by atoms with E-state index in [1.807, 2.05) is 37.4 Å². The number of amides is 1. The number of carbonyl (C=O) groups excluding carboxylic acids is 2. The minimum absolute atomic E-state index is 0.110. The van der Waals surface area contributed by atoms with Gasteiger partial charge in [0.1, 0.15) is 25.0 Å². The first-order valence-corrected chi connectivity index (χ1v) is 10.7. The summed E-state index contributed by atoms with van der Waals surface area (Å²) in [7, 11) is 0. The summed E-state index contributed by atoms with van der Waals surface area (Å²) in [5.41, 5.74) is 1.58. The van der Waals surface area contributed by atoms with E-state index in [0.29, 0.717) is 17.0 Å². The number of benzene rings is 2. The van der Waals surface area contributed by atoms with Gasteiger partial charge in [-0.15, -0.1) is 0 Å². The molecule has 1 amide bonds. The third kappa shape index (κ3) is 7.44. The SMILES string of the molecule is CSCC[C@@H](NC(=O)c1ccc(Cl)cc1)C(=O)OCCOc1ccc(C)cc1. The molecule has 5 nitrogen and oxygen atoms in total. The maximum Gasteiger partial charge on any atom is 0.328 e. The number of aryl methyl sites for hydroxylation is 1. The largest absolute Gasteiger partial charge is 0.490 e. The van der Waals surface area contributed by atoms with E-state index in [1.54, 1.807) is 36.0 Å². The van der Waals surface area contributed by atoms with Crippen molar-refractivity contribution in [3.05, 3.63) is 64.7 Å². The van der Waals surface area contributed by atoms with Crippen molar-refractivity contribution in [2.75, 3.05) is 25.2 Å². The number of esters is 1. The van der Waals surface area contributed by atoms with Crippen LogP contribution in [0.2, 0.25) is 5.02 Å². The Kier molecular flexibility index (Phi) is 9.17. The van der Waals surface area contributed by atoms with E-state index in [0.717, 1.165) is 17.1 Å². The second-order valence-electron chi connectivity index (χ2n) is 6.14. The van der Waals surface area contributed by atoms with Crippen molar-refractivity contribution in [2.45, 2.75) is 19.4 Å². The standard InChI is InChI=1S/C21H24ClNO4S/c1-15-3-9-18(10-4-15)26-12-13-27-21(25)19(11-14-28-2)23-20(24)16-5-7-17(22)8-6-16/h3-10,19H,11-14H2,1-2H3,(H,23,24)/t19-/m1/s1. The number of thioether (sulfide) groups is 1. The van der Waals surface area contributed by atoms with Gasteiger partial charge >= 0.3 is 5.97 Å². The Hall–Kier alpha value is -2.18. The van der Waals surface area contributed by atoms with Crippen LogP contribution >= 0.6 is 23.4 Å². The first kappa shape index (κ1) is 22.1. The van der Waals surface area contributed by atoms with Gasteiger partial charge in [0.2, 0.25) is 0 Å². The number of nitrogens with one attached hydrogen (secondary N) is 1. The fraction of sp³-hybridized carbons (Fsp3) is 0.333. The van der Waals surface area contributed by atoms with E-state index in [9.17, 15) is 9.59 Å². The zero-order chi connectivity index (χ0) is 20.4. The molecule has 1 atom stereocenters. The predicted molar refractivity (Wildman–Crippen MR) is 113 cm³/mol. The summed E-state index contributed by atoms with van der Waals surface area (Å²) in [6, 6.07) is 13.4. The third-order valence-corrected chi connectivity index (χ3v) is 4.82. The molecule has 0 heterocycles. The van der Waals surface area contributed by atoms with Crippen LogP contribution in [-0.4, -0.2) is 43.1 Å². The van der Waals surface area contributed by atoms with E-state index in [2.05, 4.69) is 5.32 Å². The topological polar surface area (TPSA) is 64.6 Å². The molecule has 0 saturated carbocycles. The minimum atomic E-state index is -0.713.